The van der Waals surface area contributed by atoms with Crippen LogP contribution in [0.25, 0.3) is 0 Å². The zero-order valence-corrected chi connectivity index (χ0v) is 10.5. The van der Waals surface area contributed by atoms with Crippen LogP contribution in [0.3, 0.4) is 0 Å². The third-order valence-corrected chi connectivity index (χ3v) is 3.02. The second-order valence-electron chi connectivity index (χ2n) is 4.12. The lowest BCUT2D eigenvalue weighted by Crippen LogP contribution is -2.35. The number of nitrogens with two attached hydrogens (primary N) is 1. The van der Waals surface area contributed by atoms with Crippen LogP contribution in [0.4, 0.5) is 0 Å². The minimum Gasteiger partial charge on any atom is -0.492 e. The van der Waals surface area contributed by atoms with Crippen molar-refractivity contribution in [3.63, 3.8) is 0 Å². The molecule has 0 radical (unpaired) electrons. The molecular formula is C13H22N2O. The Morgan fingerprint density at radius 3 is 2.50 bits per heavy atom. The van der Waals surface area contributed by atoms with Crippen molar-refractivity contribution >= 4 is 0 Å². The van der Waals surface area contributed by atoms with Crippen LogP contribution < -0.4 is 10.5 Å². The topological polar surface area (TPSA) is 48.1 Å². The Morgan fingerprint density at radius 2 is 1.94 bits per heavy atom. The van der Waals surface area contributed by atoms with Gasteiger partial charge in [-0.25, -0.2) is 0 Å². The highest BCUT2D eigenvalue weighted by Gasteiger charge is 2.23. The fourth-order valence-corrected chi connectivity index (χ4v) is 1.65. The zero-order chi connectivity index (χ0) is 12.0. The highest BCUT2D eigenvalue weighted by atomic mass is 16.5. The first-order valence-corrected chi connectivity index (χ1v) is 6.03. The van der Waals surface area contributed by atoms with Crippen LogP contribution in [-0.2, 0) is 5.54 Å². The molecule has 0 atom stereocenters. The fraction of sp³-hybridized carbons (Fsp3) is 0.615. The number of aromatic nitrogens is 1. The van der Waals surface area contributed by atoms with Crippen LogP contribution in [0.15, 0.2) is 18.5 Å². The first-order valence-electron chi connectivity index (χ1n) is 6.03. The third kappa shape index (κ3) is 2.95. The SMILES string of the molecule is CCCOc1cncc(C(N)(CC)CC)c1. The molecule has 0 aliphatic rings. The van der Waals surface area contributed by atoms with Crippen LogP contribution in [0.1, 0.15) is 45.6 Å². The average Bonchev–Trinajstić information content (AvgIpc) is 2.35. The summed E-state index contributed by atoms with van der Waals surface area (Å²) in [5.74, 6) is 0.816. The maximum absolute atomic E-state index is 6.32. The van der Waals surface area contributed by atoms with E-state index in [1.807, 2.05) is 12.3 Å². The maximum Gasteiger partial charge on any atom is 0.137 e. The van der Waals surface area contributed by atoms with Gasteiger partial charge in [0, 0.05) is 11.7 Å². The second-order valence-corrected chi connectivity index (χ2v) is 4.12. The van der Waals surface area contributed by atoms with Gasteiger partial charge in [0.1, 0.15) is 5.75 Å². The predicted molar refractivity (Wildman–Crippen MR) is 66.5 cm³/mol. The van der Waals surface area contributed by atoms with Crippen LogP contribution >= 0.6 is 0 Å². The monoisotopic (exact) mass is 222 g/mol. The van der Waals surface area contributed by atoms with Gasteiger partial charge in [-0.2, -0.15) is 0 Å². The Kier molecular flexibility index (Phi) is 4.74. The molecular weight excluding hydrogens is 200 g/mol. The lowest BCUT2D eigenvalue weighted by Gasteiger charge is -2.27. The van der Waals surface area contributed by atoms with E-state index in [2.05, 4.69) is 25.8 Å². The molecule has 1 aromatic heterocycles. The predicted octanol–water partition coefficient (Wildman–Crippen LogP) is 2.84. The van der Waals surface area contributed by atoms with E-state index < -0.39 is 0 Å². The quantitative estimate of drug-likeness (QED) is 0.805. The molecule has 0 bridgehead atoms. The molecule has 0 fully saturated rings. The van der Waals surface area contributed by atoms with Gasteiger partial charge in [0.25, 0.3) is 0 Å². The van der Waals surface area contributed by atoms with Crippen LogP contribution in [0.5, 0.6) is 5.75 Å². The molecule has 0 saturated carbocycles. The van der Waals surface area contributed by atoms with Crippen LogP contribution in [-0.4, -0.2) is 11.6 Å². The van der Waals surface area contributed by atoms with Crippen LogP contribution in [0, 0.1) is 0 Å². The molecule has 0 aromatic carbocycles. The summed E-state index contributed by atoms with van der Waals surface area (Å²) in [6, 6.07) is 2.01. The minimum atomic E-state index is -0.279. The summed E-state index contributed by atoms with van der Waals surface area (Å²) in [7, 11) is 0. The Hall–Kier alpha value is -1.09. The van der Waals surface area contributed by atoms with E-state index in [9.17, 15) is 0 Å². The van der Waals surface area contributed by atoms with Gasteiger partial charge in [-0.05, 0) is 30.9 Å². The van der Waals surface area contributed by atoms with E-state index in [0.29, 0.717) is 0 Å². The molecule has 0 aliphatic carbocycles. The number of nitrogens with zero attached hydrogens (tertiary/aromatic N) is 1. The normalized spacial score (nSPS) is 11.5. The molecule has 1 rings (SSSR count). The molecule has 16 heavy (non-hydrogen) atoms. The molecule has 0 unspecified atom stereocenters. The summed E-state index contributed by atoms with van der Waals surface area (Å²) in [5, 5.41) is 0. The number of hydrogen-bond donors (Lipinski definition) is 1. The van der Waals surface area contributed by atoms with Crippen molar-refractivity contribution < 1.29 is 4.74 Å². The lowest BCUT2D eigenvalue weighted by atomic mass is 9.87. The van der Waals surface area contributed by atoms with Crippen molar-refractivity contribution in [1.82, 2.24) is 4.98 Å². The molecule has 2 N–H and O–H groups in total. The molecule has 0 saturated heterocycles. The largest absolute Gasteiger partial charge is 0.492 e. The average molecular weight is 222 g/mol. The van der Waals surface area contributed by atoms with Gasteiger partial charge in [-0.15, -0.1) is 0 Å². The lowest BCUT2D eigenvalue weighted by molar-refractivity contribution is 0.313. The maximum atomic E-state index is 6.32. The summed E-state index contributed by atoms with van der Waals surface area (Å²) in [6.45, 7) is 7.01. The van der Waals surface area contributed by atoms with Gasteiger partial charge in [-0.3, -0.25) is 4.98 Å². The minimum absolute atomic E-state index is 0.279. The van der Waals surface area contributed by atoms with Gasteiger partial charge in [0.05, 0.1) is 12.8 Å². The first-order chi connectivity index (χ1) is 7.66. The Morgan fingerprint density at radius 1 is 1.25 bits per heavy atom. The summed E-state index contributed by atoms with van der Waals surface area (Å²) < 4.78 is 5.56. The molecule has 3 nitrogen and oxygen atoms in total. The van der Waals surface area contributed by atoms with E-state index in [-0.39, 0.29) is 5.54 Å². The molecule has 0 aliphatic heterocycles. The van der Waals surface area contributed by atoms with E-state index in [0.717, 1.165) is 37.2 Å². The van der Waals surface area contributed by atoms with Crippen LogP contribution in [0.2, 0.25) is 0 Å². The number of hydrogen-bond acceptors (Lipinski definition) is 3. The van der Waals surface area contributed by atoms with E-state index in [1.54, 1.807) is 6.20 Å². The van der Waals surface area contributed by atoms with E-state index in [4.69, 9.17) is 10.5 Å². The smallest absolute Gasteiger partial charge is 0.137 e. The van der Waals surface area contributed by atoms with Crippen molar-refractivity contribution in [1.29, 1.82) is 0 Å². The van der Waals surface area contributed by atoms with Crippen molar-refractivity contribution in [2.75, 3.05) is 6.61 Å². The van der Waals surface area contributed by atoms with Gasteiger partial charge in [0.15, 0.2) is 0 Å². The summed E-state index contributed by atoms with van der Waals surface area (Å²) in [6.07, 6.45) is 6.39. The highest BCUT2D eigenvalue weighted by Crippen LogP contribution is 2.27. The third-order valence-electron chi connectivity index (χ3n) is 3.02. The molecule has 3 heteroatoms. The fourth-order valence-electron chi connectivity index (χ4n) is 1.65. The summed E-state index contributed by atoms with van der Waals surface area (Å²) >= 11 is 0. The second kappa shape index (κ2) is 5.85. The Bertz CT molecular complexity index is 321. The zero-order valence-electron chi connectivity index (χ0n) is 10.5. The summed E-state index contributed by atoms with van der Waals surface area (Å²) in [4.78, 5) is 4.19. The summed E-state index contributed by atoms with van der Waals surface area (Å²) in [5.41, 5.74) is 7.10. The van der Waals surface area contributed by atoms with Gasteiger partial charge in [0.2, 0.25) is 0 Å². The van der Waals surface area contributed by atoms with Crippen molar-refractivity contribution in [3.05, 3.63) is 24.0 Å². The Labute approximate surface area is 98.0 Å². The van der Waals surface area contributed by atoms with E-state index in [1.165, 1.54) is 0 Å². The molecule has 1 aromatic rings. The van der Waals surface area contributed by atoms with Gasteiger partial charge in [-0.1, -0.05) is 20.8 Å². The van der Waals surface area contributed by atoms with Gasteiger partial charge < -0.3 is 10.5 Å². The van der Waals surface area contributed by atoms with Crippen molar-refractivity contribution in [2.24, 2.45) is 5.73 Å². The molecule has 1 heterocycles. The standard InChI is InChI=1S/C13H22N2O/c1-4-7-16-12-8-11(9-15-10-12)13(14,5-2)6-3/h8-10H,4-7,14H2,1-3H3. The number of pyridine rings is 1. The van der Waals surface area contributed by atoms with Crippen molar-refractivity contribution in [3.8, 4) is 5.75 Å². The number of rotatable bonds is 6. The molecule has 0 spiro atoms. The number of ether oxygens (including phenoxy) is 1. The van der Waals surface area contributed by atoms with Gasteiger partial charge >= 0.3 is 0 Å². The molecule has 0 amide bonds. The highest BCUT2D eigenvalue weighted by molar-refractivity contribution is 5.29. The molecule has 90 valence electrons. The van der Waals surface area contributed by atoms with E-state index >= 15 is 0 Å². The van der Waals surface area contributed by atoms with Crippen molar-refractivity contribution in [2.45, 2.75) is 45.6 Å². The first kappa shape index (κ1) is 13.0. The Balaban J connectivity index is 2.88.